The van der Waals surface area contributed by atoms with Gasteiger partial charge in [-0.3, -0.25) is 0 Å². The molecule has 0 radical (unpaired) electrons. The van der Waals surface area contributed by atoms with E-state index in [1.54, 1.807) is 0 Å². The monoisotopic (exact) mass is 406 g/mol. The minimum absolute atomic E-state index is 0.510. The van der Waals surface area contributed by atoms with Crippen LogP contribution in [0.4, 0.5) is 0 Å². The largest absolute Gasteiger partial charge is 0.231 e. The standard InChI is InChI=1S/C17H12ClIN2/c18-17-15(19)16(13-9-5-2-6-10-13)20-14(21-17)11-12-7-3-1-4-8-12/h1-10H,11H2. The Bertz CT molecular complexity index is 745. The second kappa shape index (κ2) is 6.54. The fourth-order valence-electron chi connectivity index (χ4n) is 2.11. The van der Waals surface area contributed by atoms with E-state index < -0.39 is 0 Å². The summed E-state index contributed by atoms with van der Waals surface area (Å²) >= 11 is 8.48. The summed E-state index contributed by atoms with van der Waals surface area (Å²) in [5, 5.41) is 0.510. The molecule has 0 unspecified atom stereocenters. The summed E-state index contributed by atoms with van der Waals surface area (Å²) in [6.07, 6.45) is 0.678. The molecule has 0 saturated heterocycles. The van der Waals surface area contributed by atoms with Crippen molar-refractivity contribution in [3.8, 4) is 11.3 Å². The van der Waals surface area contributed by atoms with Crippen molar-refractivity contribution in [1.82, 2.24) is 9.97 Å². The van der Waals surface area contributed by atoms with Crippen molar-refractivity contribution >= 4 is 34.2 Å². The molecule has 1 aromatic heterocycles. The van der Waals surface area contributed by atoms with Gasteiger partial charge in [0.05, 0.1) is 9.26 Å². The van der Waals surface area contributed by atoms with Gasteiger partial charge in [0.1, 0.15) is 11.0 Å². The number of halogens is 2. The minimum atomic E-state index is 0.510. The summed E-state index contributed by atoms with van der Waals surface area (Å²) in [5.41, 5.74) is 3.12. The molecule has 0 spiro atoms. The van der Waals surface area contributed by atoms with E-state index in [1.807, 2.05) is 48.5 Å². The fraction of sp³-hybridized carbons (Fsp3) is 0.0588. The van der Waals surface area contributed by atoms with Crippen molar-refractivity contribution in [2.45, 2.75) is 6.42 Å². The second-order valence-electron chi connectivity index (χ2n) is 4.62. The molecular formula is C17H12ClIN2. The number of rotatable bonds is 3. The average Bonchev–Trinajstić information content (AvgIpc) is 2.52. The van der Waals surface area contributed by atoms with E-state index in [1.165, 1.54) is 5.56 Å². The van der Waals surface area contributed by atoms with Crippen LogP contribution in [0.25, 0.3) is 11.3 Å². The third kappa shape index (κ3) is 3.41. The Hall–Kier alpha value is -1.46. The molecule has 2 nitrogen and oxygen atoms in total. The molecular weight excluding hydrogens is 395 g/mol. The summed E-state index contributed by atoms with van der Waals surface area (Å²) < 4.78 is 0.886. The van der Waals surface area contributed by atoms with Gasteiger partial charge < -0.3 is 0 Å². The first-order valence-electron chi connectivity index (χ1n) is 6.55. The molecule has 104 valence electrons. The van der Waals surface area contributed by atoms with Crippen molar-refractivity contribution in [3.05, 3.63) is 80.8 Å². The Morgan fingerprint density at radius 1 is 0.857 bits per heavy atom. The minimum Gasteiger partial charge on any atom is -0.231 e. The van der Waals surface area contributed by atoms with E-state index in [-0.39, 0.29) is 0 Å². The highest BCUT2D eigenvalue weighted by molar-refractivity contribution is 14.1. The lowest BCUT2D eigenvalue weighted by molar-refractivity contribution is 0.966. The Labute approximate surface area is 142 Å². The van der Waals surface area contributed by atoms with E-state index in [0.717, 1.165) is 20.7 Å². The van der Waals surface area contributed by atoms with Crippen LogP contribution in [0.15, 0.2) is 60.7 Å². The predicted molar refractivity (Wildman–Crippen MR) is 94.4 cm³/mol. The third-order valence-corrected chi connectivity index (χ3v) is 4.72. The van der Waals surface area contributed by atoms with E-state index in [2.05, 4.69) is 39.7 Å². The van der Waals surface area contributed by atoms with Gasteiger partial charge in [-0.25, -0.2) is 9.97 Å². The number of benzene rings is 2. The average molecular weight is 407 g/mol. The molecule has 1 heterocycles. The molecule has 21 heavy (non-hydrogen) atoms. The molecule has 0 fully saturated rings. The lowest BCUT2D eigenvalue weighted by atomic mass is 10.1. The van der Waals surface area contributed by atoms with Crippen molar-refractivity contribution in [1.29, 1.82) is 0 Å². The zero-order valence-electron chi connectivity index (χ0n) is 11.1. The normalized spacial score (nSPS) is 10.6. The van der Waals surface area contributed by atoms with Gasteiger partial charge in [0.2, 0.25) is 0 Å². The van der Waals surface area contributed by atoms with E-state index >= 15 is 0 Å². The van der Waals surface area contributed by atoms with Crippen molar-refractivity contribution < 1.29 is 0 Å². The van der Waals surface area contributed by atoms with E-state index in [9.17, 15) is 0 Å². The maximum Gasteiger partial charge on any atom is 0.146 e. The number of hydrogen-bond acceptors (Lipinski definition) is 2. The highest BCUT2D eigenvalue weighted by Crippen LogP contribution is 2.28. The zero-order chi connectivity index (χ0) is 14.7. The van der Waals surface area contributed by atoms with Gasteiger partial charge in [0.25, 0.3) is 0 Å². The predicted octanol–water partition coefficient (Wildman–Crippen LogP) is 4.99. The summed E-state index contributed by atoms with van der Waals surface area (Å²) in [4.78, 5) is 9.10. The van der Waals surface area contributed by atoms with Gasteiger partial charge in [0, 0.05) is 12.0 Å². The third-order valence-electron chi connectivity index (χ3n) is 3.11. The Kier molecular flexibility index (Phi) is 4.51. The number of hydrogen-bond donors (Lipinski definition) is 0. The van der Waals surface area contributed by atoms with Crippen LogP contribution in [0, 0.1) is 3.57 Å². The molecule has 0 saturated carbocycles. The van der Waals surface area contributed by atoms with E-state index in [4.69, 9.17) is 16.6 Å². The summed E-state index contributed by atoms with van der Waals surface area (Å²) in [6, 6.07) is 20.2. The van der Waals surface area contributed by atoms with Crippen LogP contribution in [0.1, 0.15) is 11.4 Å². The molecule has 3 aromatic rings. The van der Waals surface area contributed by atoms with Crippen LogP contribution in [-0.4, -0.2) is 9.97 Å². The lowest BCUT2D eigenvalue weighted by Gasteiger charge is -2.08. The lowest BCUT2D eigenvalue weighted by Crippen LogP contribution is -2.01. The van der Waals surface area contributed by atoms with Crippen molar-refractivity contribution in [2.24, 2.45) is 0 Å². The summed E-state index contributed by atoms with van der Waals surface area (Å²) in [7, 11) is 0. The van der Waals surface area contributed by atoms with Gasteiger partial charge in [0.15, 0.2) is 0 Å². The smallest absolute Gasteiger partial charge is 0.146 e. The first-order chi connectivity index (χ1) is 10.2. The van der Waals surface area contributed by atoms with Crippen LogP contribution in [0.3, 0.4) is 0 Å². The van der Waals surface area contributed by atoms with Crippen LogP contribution in [-0.2, 0) is 6.42 Å². The quantitative estimate of drug-likeness (QED) is 0.452. The molecule has 0 amide bonds. The van der Waals surface area contributed by atoms with Crippen LogP contribution in [0.2, 0.25) is 5.15 Å². The first-order valence-corrected chi connectivity index (χ1v) is 8.01. The molecule has 0 atom stereocenters. The number of aromatic nitrogens is 2. The van der Waals surface area contributed by atoms with Crippen LogP contribution in [0.5, 0.6) is 0 Å². The van der Waals surface area contributed by atoms with E-state index in [0.29, 0.717) is 11.6 Å². The molecule has 0 aliphatic rings. The number of nitrogens with zero attached hydrogens (tertiary/aromatic N) is 2. The Morgan fingerprint density at radius 2 is 1.48 bits per heavy atom. The second-order valence-corrected chi connectivity index (χ2v) is 6.06. The summed E-state index contributed by atoms with van der Waals surface area (Å²) in [5.74, 6) is 0.741. The molecule has 0 N–H and O–H groups in total. The molecule has 4 heteroatoms. The first kappa shape index (κ1) is 14.5. The van der Waals surface area contributed by atoms with Gasteiger partial charge >= 0.3 is 0 Å². The molecule has 0 bridgehead atoms. The maximum atomic E-state index is 6.28. The highest BCUT2D eigenvalue weighted by atomic mass is 127. The highest BCUT2D eigenvalue weighted by Gasteiger charge is 2.12. The van der Waals surface area contributed by atoms with Crippen molar-refractivity contribution in [2.75, 3.05) is 0 Å². The maximum absolute atomic E-state index is 6.28. The topological polar surface area (TPSA) is 25.8 Å². The fourth-order valence-corrected chi connectivity index (χ4v) is 2.85. The van der Waals surface area contributed by atoms with Gasteiger partial charge in [-0.1, -0.05) is 72.3 Å². The van der Waals surface area contributed by atoms with Crippen molar-refractivity contribution in [3.63, 3.8) is 0 Å². The molecule has 2 aromatic carbocycles. The zero-order valence-corrected chi connectivity index (χ0v) is 14.0. The summed E-state index contributed by atoms with van der Waals surface area (Å²) in [6.45, 7) is 0. The molecule has 3 rings (SSSR count). The van der Waals surface area contributed by atoms with Gasteiger partial charge in [-0.05, 0) is 28.2 Å². The SMILES string of the molecule is Clc1nc(Cc2ccccc2)nc(-c2ccccc2)c1I. The molecule has 0 aliphatic heterocycles. The van der Waals surface area contributed by atoms with Gasteiger partial charge in [-0.15, -0.1) is 0 Å². The van der Waals surface area contributed by atoms with Crippen LogP contribution < -0.4 is 0 Å². The van der Waals surface area contributed by atoms with Crippen LogP contribution >= 0.6 is 34.2 Å². The Morgan fingerprint density at radius 3 is 2.14 bits per heavy atom. The Balaban J connectivity index is 2.02. The molecule has 0 aliphatic carbocycles. The van der Waals surface area contributed by atoms with Gasteiger partial charge in [-0.2, -0.15) is 0 Å².